The first-order chi connectivity index (χ1) is 6.26. The summed E-state index contributed by atoms with van der Waals surface area (Å²) in [6, 6.07) is 7.32. The standard InChI is InChI=1S/C10H8ClNO/c1-12-10(11)7-8-3-5-9(13-2)6-4-8/h3-7H,2H3/b10-7+. The molecule has 0 atom stereocenters. The van der Waals surface area contributed by atoms with E-state index in [4.69, 9.17) is 22.9 Å². The molecule has 0 heterocycles. The lowest BCUT2D eigenvalue weighted by molar-refractivity contribution is 0.415. The minimum Gasteiger partial charge on any atom is -0.497 e. The summed E-state index contributed by atoms with van der Waals surface area (Å²) in [5.41, 5.74) is 0.891. The number of nitrogens with zero attached hydrogens (tertiary/aromatic N) is 1. The van der Waals surface area contributed by atoms with E-state index >= 15 is 0 Å². The SMILES string of the molecule is [C-]#[N+]/C(Cl)=C/c1ccc(OC)cc1. The van der Waals surface area contributed by atoms with Gasteiger partial charge in [0.15, 0.2) is 0 Å². The number of benzene rings is 1. The maximum Gasteiger partial charge on any atom is 0.252 e. The third-order valence-corrected chi connectivity index (χ3v) is 1.70. The Morgan fingerprint density at radius 3 is 2.54 bits per heavy atom. The average Bonchev–Trinajstić information content (AvgIpc) is 2.19. The van der Waals surface area contributed by atoms with Crippen LogP contribution in [0.3, 0.4) is 0 Å². The number of hydrogen-bond donors (Lipinski definition) is 0. The van der Waals surface area contributed by atoms with Gasteiger partial charge in [-0.05, 0) is 23.8 Å². The van der Waals surface area contributed by atoms with Gasteiger partial charge in [-0.2, -0.15) is 0 Å². The van der Waals surface area contributed by atoms with E-state index in [2.05, 4.69) is 4.85 Å². The first-order valence-electron chi connectivity index (χ1n) is 3.65. The van der Waals surface area contributed by atoms with Gasteiger partial charge in [0, 0.05) is 0 Å². The van der Waals surface area contributed by atoms with Gasteiger partial charge in [-0.25, -0.2) is 4.85 Å². The van der Waals surface area contributed by atoms with Gasteiger partial charge in [0.1, 0.15) is 5.75 Å². The van der Waals surface area contributed by atoms with Crippen LogP contribution in [0.1, 0.15) is 5.56 Å². The van der Waals surface area contributed by atoms with Crippen molar-refractivity contribution in [1.82, 2.24) is 0 Å². The summed E-state index contributed by atoms with van der Waals surface area (Å²) in [4.78, 5) is 3.07. The van der Waals surface area contributed by atoms with E-state index in [0.717, 1.165) is 11.3 Å². The monoisotopic (exact) mass is 193 g/mol. The van der Waals surface area contributed by atoms with Crippen molar-refractivity contribution in [2.24, 2.45) is 0 Å². The number of rotatable bonds is 2. The number of methoxy groups -OCH3 is 1. The highest BCUT2D eigenvalue weighted by Gasteiger charge is 1.92. The molecule has 0 amide bonds. The summed E-state index contributed by atoms with van der Waals surface area (Å²) in [5, 5.41) is 0.158. The van der Waals surface area contributed by atoms with Crippen LogP contribution in [0, 0.1) is 6.57 Å². The largest absolute Gasteiger partial charge is 0.497 e. The van der Waals surface area contributed by atoms with Crippen LogP contribution >= 0.6 is 11.6 Å². The minimum atomic E-state index is 0.158. The molecule has 0 bridgehead atoms. The molecule has 1 aromatic carbocycles. The molecular formula is C10H8ClNO. The van der Waals surface area contributed by atoms with Crippen molar-refractivity contribution in [3.63, 3.8) is 0 Å². The van der Waals surface area contributed by atoms with Crippen molar-refractivity contribution in [1.29, 1.82) is 0 Å². The van der Waals surface area contributed by atoms with Crippen molar-refractivity contribution in [2.45, 2.75) is 0 Å². The van der Waals surface area contributed by atoms with Crippen molar-refractivity contribution in [2.75, 3.05) is 7.11 Å². The summed E-state index contributed by atoms with van der Waals surface area (Å²) >= 11 is 5.55. The zero-order valence-corrected chi connectivity index (χ0v) is 7.88. The summed E-state index contributed by atoms with van der Waals surface area (Å²) in [6.45, 7) is 6.64. The van der Waals surface area contributed by atoms with Crippen molar-refractivity contribution < 1.29 is 4.74 Å². The highest BCUT2D eigenvalue weighted by molar-refractivity contribution is 6.32. The van der Waals surface area contributed by atoms with E-state index in [1.807, 2.05) is 24.3 Å². The van der Waals surface area contributed by atoms with Crippen LogP contribution in [0.15, 0.2) is 29.4 Å². The molecule has 0 aliphatic heterocycles. The maximum atomic E-state index is 6.64. The molecule has 0 fully saturated rings. The maximum absolute atomic E-state index is 6.64. The molecule has 0 N–H and O–H groups in total. The molecule has 0 aliphatic carbocycles. The first-order valence-corrected chi connectivity index (χ1v) is 4.03. The normalized spacial score (nSPS) is 10.7. The quantitative estimate of drug-likeness (QED) is 0.520. The Morgan fingerprint density at radius 2 is 2.08 bits per heavy atom. The third kappa shape index (κ3) is 2.81. The van der Waals surface area contributed by atoms with Crippen LogP contribution in [0.25, 0.3) is 10.9 Å². The fourth-order valence-electron chi connectivity index (χ4n) is 0.870. The molecule has 13 heavy (non-hydrogen) atoms. The number of ether oxygens (including phenoxy) is 1. The van der Waals surface area contributed by atoms with Gasteiger partial charge in [-0.15, -0.1) is 11.6 Å². The molecule has 0 radical (unpaired) electrons. The van der Waals surface area contributed by atoms with Crippen molar-refractivity contribution >= 4 is 17.7 Å². The fourth-order valence-corrected chi connectivity index (χ4v) is 0.996. The highest BCUT2D eigenvalue weighted by atomic mass is 35.5. The van der Waals surface area contributed by atoms with Gasteiger partial charge < -0.3 is 4.74 Å². The Hall–Kier alpha value is -1.46. The Kier molecular flexibility index (Phi) is 3.36. The molecule has 0 saturated heterocycles. The second kappa shape index (κ2) is 4.54. The van der Waals surface area contributed by atoms with E-state index in [1.54, 1.807) is 13.2 Å². The summed E-state index contributed by atoms with van der Waals surface area (Å²) in [7, 11) is 1.61. The molecule has 0 saturated carbocycles. The highest BCUT2D eigenvalue weighted by Crippen LogP contribution is 2.15. The van der Waals surface area contributed by atoms with Crippen molar-refractivity contribution in [3.05, 3.63) is 46.4 Å². The zero-order chi connectivity index (χ0) is 9.68. The molecule has 0 aromatic heterocycles. The van der Waals surface area contributed by atoms with Crippen LogP contribution in [-0.2, 0) is 0 Å². The van der Waals surface area contributed by atoms with Crippen LogP contribution in [0.5, 0.6) is 5.75 Å². The molecule has 3 heteroatoms. The molecule has 1 rings (SSSR count). The Morgan fingerprint density at radius 1 is 1.46 bits per heavy atom. The Labute approximate surface area is 82.2 Å². The van der Waals surface area contributed by atoms with E-state index in [0.29, 0.717) is 0 Å². The molecule has 0 unspecified atom stereocenters. The summed E-state index contributed by atoms with van der Waals surface area (Å²) in [6.07, 6.45) is 1.61. The predicted molar refractivity (Wildman–Crippen MR) is 53.4 cm³/mol. The van der Waals surface area contributed by atoms with Gasteiger partial charge in [-0.3, -0.25) is 0 Å². The number of hydrogen-bond acceptors (Lipinski definition) is 1. The lowest BCUT2D eigenvalue weighted by Crippen LogP contribution is -1.81. The lowest BCUT2D eigenvalue weighted by Gasteiger charge is -1.98. The zero-order valence-electron chi connectivity index (χ0n) is 7.12. The molecule has 2 nitrogen and oxygen atoms in total. The number of halogens is 1. The van der Waals surface area contributed by atoms with Crippen LogP contribution in [0.4, 0.5) is 0 Å². The predicted octanol–water partition coefficient (Wildman–Crippen LogP) is 3.15. The van der Waals surface area contributed by atoms with E-state index < -0.39 is 0 Å². The van der Waals surface area contributed by atoms with Crippen molar-refractivity contribution in [3.8, 4) is 5.75 Å². The van der Waals surface area contributed by atoms with Gasteiger partial charge in [0.2, 0.25) is 0 Å². The van der Waals surface area contributed by atoms with Crippen LogP contribution < -0.4 is 4.74 Å². The molecule has 0 spiro atoms. The smallest absolute Gasteiger partial charge is 0.252 e. The molecule has 0 aliphatic rings. The fraction of sp³-hybridized carbons (Fsp3) is 0.100. The second-order valence-electron chi connectivity index (χ2n) is 2.35. The van der Waals surface area contributed by atoms with E-state index in [9.17, 15) is 0 Å². The topological polar surface area (TPSA) is 13.6 Å². The minimum absolute atomic E-state index is 0.158. The van der Waals surface area contributed by atoms with Gasteiger partial charge in [0.25, 0.3) is 5.16 Å². The van der Waals surface area contributed by atoms with E-state index in [1.165, 1.54) is 0 Å². The van der Waals surface area contributed by atoms with Crippen LogP contribution in [0.2, 0.25) is 0 Å². The van der Waals surface area contributed by atoms with Crippen LogP contribution in [-0.4, -0.2) is 7.11 Å². The van der Waals surface area contributed by atoms with Gasteiger partial charge in [0.05, 0.1) is 13.7 Å². The summed E-state index contributed by atoms with van der Waals surface area (Å²) in [5.74, 6) is 0.788. The lowest BCUT2D eigenvalue weighted by atomic mass is 10.2. The average molecular weight is 194 g/mol. The summed E-state index contributed by atoms with van der Waals surface area (Å²) < 4.78 is 4.99. The third-order valence-electron chi connectivity index (χ3n) is 1.51. The Balaban J connectivity index is 2.88. The first kappa shape index (κ1) is 9.63. The second-order valence-corrected chi connectivity index (χ2v) is 2.74. The van der Waals surface area contributed by atoms with Gasteiger partial charge >= 0.3 is 0 Å². The van der Waals surface area contributed by atoms with E-state index in [-0.39, 0.29) is 5.16 Å². The molecular weight excluding hydrogens is 186 g/mol. The van der Waals surface area contributed by atoms with Gasteiger partial charge in [-0.1, -0.05) is 12.1 Å². The Bertz CT molecular complexity index is 348. The molecule has 66 valence electrons. The molecule has 1 aromatic rings.